The second-order valence-electron chi connectivity index (χ2n) is 7.46. The summed E-state index contributed by atoms with van der Waals surface area (Å²) in [6.07, 6.45) is 1.86. The molecule has 0 saturated carbocycles. The van der Waals surface area contributed by atoms with E-state index in [1.54, 1.807) is 0 Å². The van der Waals surface area contributed by atoms with E-state index in [0.29, 0.717) is 21.7 Å². The van der Waals surface area contributed by atoms with Crippen LogP contribution in [0.1, 0.15) is 11.1 Å². The summed E-state index contributed by atoms with van der Waals surface area (Å²) in [4.78, 5) is 17.8. The molecule has 1 saturated heterocycles. The number of amidine groups is 1. The number of carbonyl (C=O) groups is 1. The van der Waals surface area contributed by atoms with E-state index in [9.17, 15) is 4.79 Å². The normalized spacial score (nSPS) is 15.8. The van der Waals surface area contributed by atoms with Crippen molar-refractivity contribution in [2.75, 3.05) is 0 Å². The number of nitrogens with one attached hydrogen (secondary N) is 1. The molecule has 0 atom stereocenters. The minimum absolute atomic E-state index is 0.151. The van der Waals surface area contributed by atoms with Crippen LogP contribution in [0.15, 0.2) is 101 Å². The highest BCUT2D eigenvalue weighted by Crippen LogP contribution is 2.31. The van der Waals surface area contributed by atoms with Gasteiger partial charge in [-0.05, 0) is 64.7 Å². The summed E-state index contributed by atoms with van der Waals surface area (Å²) in [5.74, 6) is 0.607. The zero-order valence-electron chi connectivity index (χ0n) is 17.5. The number of rotatable bonds is 5. The van der Waals surface area contributed by atoms with Gasteiger partial charge in [-0.25, -0.2) is 4.99 Å². The van der Waals surface area contributed by atoms with E-state index in [2.05, 4.69) is 10.3 Å². The van der Waals surface area contributed by atoms with Crippen LogP contribution >= 0.6 is 23.4 Å². The molecule has 0 aliphatic carbocycles. The van der Waals surface area contributed by atoms with Gasteiger partial charge in [-0.2, -0.15) is 0 Å². The second-order valence-corrected chi connectivity index (χ2v) is 8.93. The molecule has 5 rings (SSSR count). The summed E-state index contributed by atoms with van der Waals surface area (Å²) in [7, 11) is 0. The number of hydrogen-bond donors (Lipinski definition) is 1. The van der Waals surface area contributed by atoms with Crippen LogP contribution < -0.4 is 10.1 Å². The number of halogens is 1. The summed E-state index contributed by atoms with van der Waals surface area (Å²) in [6, 6.07) is 29.2. The standard InChI is InChI=1S/C27H19ClN2O2S/c28-21-12-8-19(9-13-21)17-32-22-14-10-18(11-15-22)16-25-26(31)30-27(33-25)29-24-7-3-5-20-4-1-2-6-23(20)24/h1-16H,17H2,(H,29,30,31). The van der Waals surface area contributed by atoms with Crippen LogP contribution in [0.25, 0.3) is 16.8 Å². The predicted octanol–water partition coefficient (Wildman–Crippen LogP) is 6.96. The van der Waals surface area contributed by atoms with Crippen LogP contribution in [0.2, 0.25) is 5.02 Å². The van der Waals surface area contributed by atoms with Crippen LogP contribution in [-0.4, -0.2) is 11.1 Å². The van der Waals surface area contributed by atoms with Gasteiger partial charge in [0.25, 0.3) is 5.91 Å². The highest BCUT2D eigenvalue weighted by atomic mass is 35.5. The Morgan fingerprint density at radius 1 is 0.909 bits per heavy atom. The highest BCUT2D eigenvalue weighted by molar-refractivity contribution is 8.18. The van der Waals surface area contributed by atoms with Crippen LogP contribution in [-0.2, 0) is 11.4 Å². The van der Waals surface area contributed by atoms with Crippen molar-refractivity contribution < 1.29 is 9.53 Å². The molecule has 0 radical (unpaired) electrons. The molecule has 1 aliphatic heterocycles. The minimum atomic E-state index is -0.151. The molecule has 0 unspecified atom stereocenters. The highest BCUT2D eigenvalue weighted by Gasteiger charge is 2.24. The Labute approximate surface area is 201 Å². The first-order valence-electron chi connectivity index (χ1n) is 10.4. The fourth-order valence-corrected chi connectivity index (χ4v) is 4.42. The van der Waals surface area contributed by atoms with E-state index in [0.717, 1.165) is 33.3 Å². The molecular weight excluding hydrogens is 452 g/mol. The lowest BCUT2D eigenvalue weighted by Gasteiger charge is -2.06. The van der Waals surface area contributed by atoms with Gasteiger partial charge in [0.05, 0.1) is 10.6 Å². The number of hydrogen-bond acceptors (Lipinski definition) is 4. The Kier molecular flexibility index (Phi) is 6.15. The molecule has 4 nitrogen and oxygen atoms in total. The Morgan fingerprint density at radius 3 is 2.48 bits per heavy atom. The Bertz CT molecular complexity index is 1370. The van der Waals surface area contributed by atoms with E-state index in [4.69, 9.17) is 16.3 Å². The SMILES string of the molecule is O=C1NC(=Nc2cccc3ccccc23)SC1=Cc1ccc(OCc2ccc(Cl)cc2)cc1. The minimum Gasteiger partial charge on any atom is -0.489 e. The quantitative estimate of drug-likeness (QED) is 0.320. The van der Waals surface area contributed by atoms with Gasteiger partial charge in [0.15, 0.2) is 5.17 Å². The molecule has 162 valence electrons. The Balaban J connectivity index is 1.28. The topological polar surface area (TPSA) is 50.7 Å². The number of aliphatic imine (C=N–C) groups is 1. The summed E-state index contributed by atoms with van der Waals surface area (Å²) in [5, 5.41) is 6.31. The monoisotopic (exact) mass is 470 g/mol. The van der Waals surface area contributed by atoms with Crippen molar-refractivity contribution in [1.82, 2.24) is 5.32 Å². The third-order valence-electron chi connectivity index (χ3n) is 5.14. The van der Waals surface area contributed by atoms with Gasteiger partial charge >= 0.3 is 0 Å². The van der Waals surface area contributed by atoms with E-state index in [1.165, 1.54) is 11.8 Å². The molecule has 0 bridgehead atoms. The first-order valence-corrected chi connectivity index (χ1v) is 11.6. The van der Waals surface area contributed by atoms with Crippen molar-refractivity contribution in [1.29, 1.82) is 0 Å². The van der Waals surface area contributed by atoms with Crippen molar-refractivity contribution >= 4 is 57.0 Å². The zero-order chi connectivity index (χ0) is 22.6. The van der Waals surface area contributed by atoms with Gasteiger partial charge in [-0.3, -0.25) is 4.79 Å². The lowest BCUT2D eigenvalue weighted by Crippen LogP contribution is -2.19. The number of ether oxygens (including phenoxy) is 1. The lowest BCUT2D eigenvalue weighted by molar-refractivity contribution is -0.115. The maximum Gasteiger partial charge on any atom is 0.264 e. The number of thioether (sulfide) groups is 1. The zero-order valence-corrected chi connectivity index (χ0v) is 19.1. The molecule has 1 aliphatic rings. The second kappa shape index (κ2) is 9.53. The van der Waals surface area contributed by atoms with E-state index < -0.39 is 0 Å². The Hall–Kier alpha value is -3.54. The summed E-state index contributed by atoms with van der Waals surface area (Å²) in [5.41, 5.74) is 2.79. The van der Waals surface area contributed by atoms with Crippen molar-refractivity contribution in [2.45, 2.75) is 6.61 Å². The molecule has 4 aromatic rings. The number of benzene rings is 4. The maximum absolute atomic E-state index is 12.5. The lowest BCUT2D eigenvalue weighted by atomic mass is 10.1. The third-order valence-corrected chi connectivity index (χ3v) is 6.30. The summed E-state index contributed by atoms with van der Waals surface area (Å²) >= 11 is 7.25. The molecule has 0 spiro atoms. The molecule has 1 heterocycles. The third kappa shape index (κ3) is 5.11. The van der Waals surface area contributed by atoms with Crippen molar-refractivity contribution in [2.24, 2.45) is 4.99 Å². The van der Waals surface area contributed by atoms with Gasteiger partial charge in [0.2, 0.25) is 0 Å². The van der Waals surface area contributed by atoms with Gasteiger partial charge < -0.3 is 10.1 Å². The van der Waals surface area contributed by atoms with Crippen molar-refractivity contribution in [3.63, 3.8) is 0 Å². The number of nitrogens with zero attached hydrogens (tertiary/aromatic N) is 1. The molecular formula is C27H19ClN2O2S. The molecule has 1 fully saturated rings. The summed E-state index contributed by atoms with van der Waals surface area (Å²) < 4.78 is 5.83. The van der Waals surface area contributed by atoms with Gasteiger partial charge in [-0.1, -0.05) is 72.3 Å². The van der Waals surface area contributed by atoms with Gasteiger partial charge in [0, 0.05) is 10.4 Å². The van der Waals surface area contributed by atoms with Crippen molar-refractivity contribution in [3.05, 3.63) is 112 Å². The van der Waals surface area contributed by atoms with Crippen LogP contribution in [0, 0.1) is 0 Å². The average molecular weight is 471 g/mol. The average Bonchev–Trinajstić information content (AvgIpc) is 3.18. The number of fused-ring (bicyclic) bond motifs is 1. The maximum atomic E-state index is 12.5. The van der Waals surface area contributed by atoms with Crippen molar-refractivity contribution in [3.8, 4) is 5.75 Å². The van der Waals surface area contributed by atoms with Gasteiger partial charge in [-0.15, -0.1) is 0 Å². The molecule has 33 heavy (non-hydrogen) atoms. The summed E-state index contributed by atoms with van der Waals surface area (Å²) in [6.45, 7) is 0.462. The van der Waals surface area contributed by atoms with Gasteiger partial charge in [0.1, 0.15) is 12.4 Å². The van der Waals surface area contributed by atoms with E-state index in [1.807, 2.05) is 97.1 Å². The van der Waals surface area contributed by atoms with Crippen LogP contribution in [0.4, 0.5) is 5.69 Å². The fourth-order valence-electron chi connectivity index (χ4n) is 3.45. The largest absolute Gasteiger partial charge is 0.489 e. The molecule has 6 heteroatoms. The molecule has 4 aromatic carbocycles. The Morgan fingerprint density at radius 2 is 1.67 bits per heavy atom. The predicted molar refractivity (Wildman–Crippen MR) is 137 cm³/mol. The first kappa shape index (κ1) is 21.3. The smallest absolute Gasteiger partial charge is 0.264 e. The molecule has 1 amide bonds. The van der Waals surface area contributed by atoms with Crippen LogP contribution in [0.3, 0.4) is 0 Å². The van der Waals surface area contributed by atoms with E-state index >= 15 is 0 Å². The fraction of sp³-hybridized carbons (Fsp3) is 0.0370. The van der Waals surface area contributed by atoms with Crippen LogP contribution in [0.5, 0.6) is 5.75 Å². The molecule has 0 aromatic heterocycles. The molecule has 1 N–H and O–H groups in total. The number of amides is 1. The number of carbonyl (C=O) groups excluding carboxylic acids is 1. The first-order chi connectivity index (χ1) is 16.1. The van der Waals surface area contributed by atoms with E-state index in [-0.39, 0.29) is 5.91 Å².